The van der Waals surface area contributed by atoms with E-state index in [-0.39, 0.29) is 6.61 Å². The number of benzene rings is 2. The van der Waals surface area contributed by atoms with E-state index in [1.54, 1.807) is 12.1 Å². The molecule has 0 aliphatic heterocycles. The van der Waals surface area contributed by atoms with Crippen LogP contribution in [0.25, 0.3) is 11.3 Å². The van der Waals surface area contributed by atoms with Gasteiger partial charge >= 0.3 is 5.97 Å². The minimum Gasteiger partial charge on any atom is -0.452 e. The molecule has 0 atom stereocenters. The Morgan fingerprint density at radius 3 is 2.54 bits per heavy atom. The number of ether oxygens (including phenoxy) is 1. The minimum atomic E-state index is -0.516. The third kappa shape index (κ3) is 4.34. The monoisotopic (exact) mass is 366 g/mol. The van der Waals surface area contributed by atoms with Gasteiger partial charge in [0.15, 0.2) is 11.7 Å². The fourth-order valence-electron chi connectivity index (χ4n) is 2.35. The van der Waals surface area contributed by atoms with Gasteiger partial charge in [-0.15, -0.1) is 11.3 Å². The summed E-state index contributed by atoms with van der Waals surface area (Å²) in [5, 5.41) is 5.00. The summed E-state index contributed by atoms with van der Waals surface area (Å²) in [7, 11) is 0. The van der Waals surface area contributed by atoms with Crippen molar-refractivity contribution in [3.8, 4) is 11.3 Å². The molecule has 0 saturated heterocycles. The Balaban J connectivity index is 1.56. The first kappa shape index (κ1) is 17.8. The van der Waals surface area contributed by atoms with Gasteiger partial charge in [0.2, 0.25) is 0 Å². The minimum absolute atomic E-state index is 0.355. The fraction of sp³-hybridized carbons (Fsp3) is 0.150. The van der Waals surface area contributed by atoms with Crippen LogP contribution in [0.3, 0.4) is 0 Å². The topological polar surface area (TPSA) is 68.3 Å². The zero-order chi connectivity index (χ0) is 18.5. The molecule has 1 N–H and O–H groups in total. The number of carbonyl (C=O) groups excluding carboxylic acids is 2. The third-order valence-electron chi connectivity index (χ3n) is 3.80. The first-order valence-electron chi connectivity index (χ1n) is 8.08. The molecule has 0 bridgehead atoms. The van der Waals surface area contributed by atoms with Crippen molar-refractivity contribution in [2.24, 2.45) is 0 Å². The summed E-state index contributed by atoms with van der Waals surface area (Å²) in [4.78, 5) is 28.4. The highest BCUT2D eigenvalue weighted by atomic mass is 32.1. The second-order valence-electron chi connectivity index (χ2n) is 5.84. The molecule has 1 amide bonds. The van der Waals surface area contributed by atoms with Crippen molar-refractivity contribution < 1.29 is 14.3 Å². The quantitative estimate of drug-likeness (QED) is 0.687. The van der Waals surface area contributed by atoms with E-state index >= 15 is 0 Å². The van der Waals surface area contributed by atoms with E-state index in [1.165, 1.54) is 16.9 Å². The molecule has 6 heteroatoms. The molecule has 0 spiro atoms. The number of anilines is 1. The summed E-state index contributed by atoms with van der Waals surface area (Å²) in [5.41, 5.74) is 4.21. The van der Waals surface area contributed by atoms with Gasteiger partial charge in [-0.05, 0) is 25.5 Å². The molecular formula is C20H18N2O3S. The van der Waals surface area contributed by atoms with Crippen LogP contribution in [-0.4, -0.2) is 23.5 Å². The molecule has 0 saturated carbocycles. The van der Waals surface area contributed by atoms with Gasteiger partial charge in [-0.1, -0.05) is 48.0 Å². The molecule has 1 heterocycles. The van der Waals surface area contributed by atoms with Crippen LogP contribution in [0.2, 0.25) is 0 Å². The predicted octanol–water partition coefficient (Wildman–Crippen LogP) is 4.22. The maximum absolute atomic E-state index is 12.0. The number of aryl methyl sites for hydroxylation is 2. The molecule has 5 nitrogen and oxygen atoms in total. The smallest absolute Gasteiger partial charge is 0.338 e. The average molecular weight is 366 g/mol. The van der Waals surface area contributed by atoms with Gasteiger partial charge in [0, 0.05) is 10.9 Å². The van der Waals surface area contributed by atoms with Crippen LogP contribution in [0.4, 0.5) is 5.13 Å². The molecule has 0 fully saturated rings. The van der Waals surface area contributed by atoms with E-state index in [2.05, 4.69) is 10.3 Å². The van der Waals surface area contributed by atoms with E-state index in [0.29, 0.717) is 10.7 Å². The number of esters is 1. The average Bonchev–Trinajstić information content (AvgIpc) is 3.09. The van der Waals surface area contributed by atoms with Crippen LogP contribution in [-0.2, 0) is 9.53 Å². The number of hydrogen-bond donors (Lipinski definition) is 1. The van der Waals surface area contributed by atoms with Crippen molar-refractivity contribution in [2.45, 2.75) is 13.8 Å². The van der Waals surface area contributed by atoms with Crippen molar-refractivity contribution in [2.75, 3.05) is 11.9 Å². The highest BCUT2D eigenvalue weighted by Crippen LogP contribution is 2.25. The predicted molar refractivity (Wildman–Crippen MR) is 102 cm³/mol. The normalized spacial score (nSPS) is 10.4. The lowest BCUT2D eigenvalue weighted by atomic mass is 10.1. The van der Waals surface area contributed by atoms with Crippen molar-refractivity contribution in [1.82, 2.24) is 4.98 Å². The molecule has 3 aromatic rings. The molecule has 132 valence electrons. The van der Waals surface area contributed by atoms with Crippen molar-refractivity contribution in [1.29, 1.82) is 0 Å². The number of aromatic nitrogens is 1. The Morgan fingerprint density at radius 1 is 1.08 bits per heavy atom. The SMILES string of the molecule is Cc1ccc(-c2csc(NC(=O)COC(=O)c3ccccc3C)n2)cc1. The third-order valence-corrected chi connectivity index (χ3v) is 4.55. The maximum Gasteiger partial charge on any atom is 0.338 e. The summed E-state index contributed by atoms with van der Waals surface area (Å²) in [6.07, 6.45) is 0. The summed E-state index contributed by atoms with van der Waals surface area (Å²) in [6, 6.07) is 15.1. The molecule has 26 heavy (non-hydrogen) atoms. The molecule has 1 aromatic heterocycles. The molecule has 3 rings (SSSR count). The number of rotatable bonds is 5. The van der Waals surface area contributed by atoms with Gasteiger partial charge in [-0.25, -0.2) is 9.78 Å². The largest absolute Gasteiger partial charge is 0.452 e. The summed E-state index contributed by atoms with van der Waals surface area (Å²) < 4.78 is 5.07. The second kappa shape index (κ2) is 7.93. The zero-order valence-electron chi connectivity index (χ0n) is 14.5. The highest BCUT2D eigenvalue weighted by Gasteiger charge is 2.13. The van der Waals surface area contributed by atoms with Crippen molar-refractivity contribution in [3.63, 3.8) is 0 Å². The maximum atomic E-state index is 12.0. The first-order valence-corrected chi connectivity index (χ1v) is 8.96. The Labute approximate surface area is 155 Å². The van der Waals surface area contributed by atoms with E-state index in [1.807, 2.05) is 55.6 Å². The molecule has 2 aromatic carbocycles. The van der Waals surface area contributed by atoms with Gasteiger partial charge in [0.25, 0.3) is 5.91 Å². The van der Waals surface area contributed by atoms with Gasteiger partial charge < -0.3 is 4.74 Å². The van der Waals surface area contributed by atoms with Crippen LogP contribution in [0.5, 0.6) is 0 Å². The molecule has 0 aliphatic rings. The fourth-order valence-corrected chi connectivity index (χ4v) is 3.09. The Kier molecular flexibility index (Phi) is 5.43. The molecule has 0 radical (unpaired) electrons. The lowest BCUT2D eigenvalue weighted by Crippen LogP contribution is -2.21. The molecule has 0 aliphatic carbocycles. The van der Waals surface area contributed by atoms with E-state index in [9.17, 15) is 9.59 Å². The number of hydrogen-bond acceptors (Lipinski definition) is 5. The van der Waals surface area contributed by atoms with Crippen molar-refractivity contribution >= 4 is 28.3 Å². The van der Waals surface area contributed by atoms with Gasteiger partial charge in [0.1, 0.15) is 0 Å². The summed E-state index contributed by atoms with van der Waals surface area (Å²) in [5.74, 6) is -0.936. The lowest BCUT2D eigenvalue weighted by molar-refractivity contribution is -0.119. The number of amides is 1. The van der Waals surface area contributed by atoms with Crippen LogP contribution in [0.15, 0.2) is 53.9 Å². The Hall–Kier alpha value is -2.99. The van der Waals surface area contributed by atoms with Crippen molar-refractivity contribution in [3.05, 3.63) is 70.6 Å². The number of carbonyl (C=O) groups is 2. The number of nitrogens with one attached hydrogen (secondary N) is 1. The van der Waals surface area contributed by atoms with Gasteiger partial charge in [-0.3, -0.25) is 10.1 Å². The number of nitrogens with zero attached hydrogens (tertiary/aromatic N) is 1. The number of thiazole rings is 1. The summed E-state index contributed by atoms with van der Waals surface area (Å²) in [6.45, 7) is 3.49. The standard InChI is InChI=1S/C20H18N2O3S/c1-13-7-9-15(10-8-13)17-12-26-20(21-17)22-18(23)11-25-19(24)16-6-4-3-5-14(16)2/h3-10,12H,11H2,1-2H3,(H,21,22,23). The molecule has 0 unspecified atom stereocenters. The van der Waals surface area contributed by atoms with Gasteiger partial charge in [0.05, 0.1) is 11.3 Å². The molecular weight excluding hydrogens is 348 g/mol. The summed E-state index contributed by atoms with van der Waals surface area (Å²) >= 11 is 1.33. The van der Waals surface area contributed by atoms with Gasteiger partial charge in [-0.2, -0.15) is 0 Å². The van der Waals surface area contributed by atoms with E-state index in [4.69, 9.17) is 4.74 Å². The first-order chi connectivity index (χ1) is 12.5. The van der Waals surface area contributed by atoms with E-state index < -0.39 is 11.9 Å². The zero-order valence-corrected chi connectivity index (χ0v) is 15.3. The van der Waals surface area contributed by atoms with Crippen LogP contribution in [0.1, 0.15) is 21.5 Å². The second-order valence-corrected chi connectivity index (χ2v) is 6.70. The van der Waals surface area contributed by atoms with Crippen LogP contribution >= 0.6 is 11.3 Å². The lowest BCUT2D eigenvalue weighted by Gasteiger charge is -2.06. The van der Waals surface area contributed by atoms with Crippen LogP contribution < -0.4 is 5.32 Å². The van der Waals surface area contributed by atoms with E-state index in [0.717, 1.165) is 16.8 Å². The highest BCUT2D eigenvalue weighted by molar-refractivity contribution is 7.14. The Morgan fingerprint density at radius 2 is 1.81 bits per heavy atom. The van der Waals surface area contributed by atoms with Crippen LogP contribution in [0, 0.1) is 13.8 Å². The Bertz CT molecular complexity index is 932.